The highest BCUT2D eigenvalue weighted by Crippen LogP contribution is 2.08. The summed E-state index contributed by atoms with van der Waals surface area (Å²) < 4.78 is 0. The van der Waals surface area contributed by atoms with E-state index in [9.17, 15) is 0 Å². The Bertz CT molecular complexity index is 101. The van der Waals surface area contributed by atoms with Crippen molar-refractivity contribution in [1.29, 1.82) is 0 Å². The highest BCUT2D eigenvalue weighted by Gasteiger charge is 2.19. The first-order valence-corrected chi connectivity index (χ1v) is 2.48. The molecular weight excluding hydrogens is 106 g/mol. The zero-order valence-electron chi connectivity index (χ0n) is 4.65. The van der Waals surface area contributed by atoms with E-state index in [1.165, 1.54) is 4.90 Å². The average Bonchev–Trinajstić information content (AvgIpc) is 1.98. The third-order valence-corrected chi connectivity index (χ3v) is 1.29. The van der Waals surface area contributed by atoms with Crippen LogP contribution in [0, 0.1) is 0 Å². The van der Waals surface area contributed by atoms with Crippen molar-refractivity contribution in [3.05, 3.63) is 12.2 Å². The monoisotopic (exact) mass is 115 g/mol. The number of aliphatic hydroxyl groups is 2. The first kappa shape index (κ1) is 5.75. The zero-order valence-corrected chi connectivity index (χ0v) is 4.65. The highest BCUT2D eigenvalue weighted by atomic mass is 16.3. The second-order valence-electron chi connectivity index (χ2n) is 1.88. The largest absolute Gasteiger partial charge is 0.375 e. The Labute approximate surface area is 47.9 Å². The number of rotatable bonds is 0. The lowest BCUT2D eigenvalue weighted by molar-refractivity contribution is -0.0202. The molecular formula is C5H9NO2. The van der Waals surface area contributed by atoms with Gasteiger partial charge in [0.2, 0.25) is 0 Å². The van der Waals surface area contributed by atoms with Crippen LogP contribution in [0.2, 0.25) is 0 Å². The number of hydrogen-bond donors (Lipinski definition) is 2. The Morgan fingerprint density at radius 2 is 1.62 bits per heavy atom. The van der Waals surface area contributed by atoms with E-state index >= 15 is 0 Å². The molecule has 2 atom stereocenters. The number of likely N-dealkylation sites (N-methyl/N-ethyl adjacent to an activating group) is 1. The number of hydrogen-bond acceptors (Lipinski definition) is 3. The first-order chi connectivity index (χ1) is 3.72. The lowest BCUT2D eigenvalue weighted by Gasteiger charge is -2.16. The Morgan fingerprint density at radius 3 is 1.75 bits per heavy atom. The molecule has 0 saturated carbocycles. The van der Waals surface area contributed by atoms with Gasteiger partial charge in [0.25, 0.3) is 0 Å². The van der Waals surface area contributed by atoms with Crippen molar-refractivity contribution in [3.8, 4) is 0 Å². The van der Waals surface area contributed by atoms with Crippen LogP contribution in [-0.4, -0.2) is 34.6 Å². The second-order valence-corrected chi connectivity index (χ2v) is 1.88. The lowest BCUT2D eigenvalue weighted by Crippen LogP contribution is -2.32. The summed E-state index contributed by atoms with van der Waals surface area (Å²) in [7, 11) is 1.65. The molecule has 0 aromatic heterocycles. The summed E-state index contributed by atoms with van der Waals surface area (Å²) in [5, 5.41) is 17.7. The molecule has 0 fully saturated rings. The van der Waals surface area contributed by atoms with Crippen molar-refractivity contribution in [2.24, 2.45) is 0 Å². The molecule has 46 valence electrons. The average molecular weight is 115 g/mol. The summed E-state index contributed by atoms with van der Waals surface area (Å²) in [6.45, 7) is 0. The van der Waals surface area contributed by atoms with E-state index in [-0.39, 0.29) is 0 Å². The summed E-state index contributed by atoms with van der Waals surface area (Å²) >= 11 is 0. The highest BCUT2D eigenvalue weighted by molar-refractivity contribution is 5.00. The van der Waals surface area contributed by atoms with E-state index in [0.29, 0.717) is 0 Å². The minimum atomic E-state index is -0.606. The molecule has 0 saturated heterocycles. The van der Waals surface area contributed by atoms with Crippen LogP contribution >= 0.6 is 0 Å². The lowest BCUT2D eigenvalue weighted by atomic mass is 10.5. The van der Waals surface area contributed by atoms with Crippen LogP contribution in [0.25, 0.3) is 0 Å². The topological polar surface area (TPSA) is 43.7 Å². The molecule has 1 aliphatic rings. The minimum Gasteiger partial charge on any atom is -0.375 e. The van der Waals surface area contributed by atoms with Gasteiger partial charge < -0.3 is 10.2 Å². The van der Waals surface area contributed by atoms with Crippen LogP contribution < -0.4 is 0 Å². The van der Waals surface area contributed by atoms with Gasteiger partial charge in [0.15, 0.2) is 0 Å². The molecule has 0 aromatic rings. The van der Waals surface area contributed by atoms with Gasteiger partial charge in [-0.25, -0.2) is 4.90 Å². The van der Waals surface area contributed by atoms with Crippen LogP contribution in [0.1, 0.15) is 0 Å². The van der Waals surface area contributed by atoms with E-state index in [4.69, 9.17) is 10.2 Å². The zero-order chi connectivity index (χ0) is 6.15. The van der Waals surface area contributed by atoms with Crippen molar-refractivity contribution in [1.82, 2.24) is 4.90 Å². The molecule has 1 rings (SSSR count). The van der Waals surface area contributed by atoms with Crippen molar-refractivity contribution >= 4 is 0 Å². The Balaban J connectivity index is 2.55. The number of nitrogens with zero attached hydrogens (tertiary/aromatic N) is 1. The van der Waals surface area contributed by atoms with Crippen molar-refractivity contribution in [2.75, 3.05) is 7.05 Å². The summed E-state index contributed by atoms with van der Waals surface area (Å²) in [5.41, 5.74) is 0. The molecule has 0 aliphatic carbocycles. The summed E-state index contributed by atoms with van der Waals surface area (Å²) in [5.74, 6) is 0. The van der Waals surface area contributed by atoms with E-state index in [0.717, 1.165) is 0 Å². The predicted molar refractivity (Wildman–Crippen MR) is 28.9 cm³/mol. The second kappa shape index (κ2) is 1.85. The minimum absolute atomic E-state index is 0.606. The van der Waals surface area contributed by atoms with Crippen LogP contribution in [0.5, 0.6) is 0 Å². The predicted octanol–water partition coefficient (Wildman–Crippen LogP) is -0.875. The fraction of sp³-hybridized carbons (Fsp3) is 0.600. The summed E-state index contributed by atoms with van der Waals surface area (Å²) in [6.07, 6.45) is 1.88. The SMILES string of the molecule is CN1C(O)C=CC1O. The normalized spacial score (nSPS) is 38.9. The molecule has 0 radical (unpaired) electrons. The van der Waals surface area contributed by atoms with Crippen LogP contribution in [0.3, 0.4) is 0 Å². The van der Waals surface area contributed by atoms with Crippen LogP contribution in [-0.2, 0) is 0 Å². The van der Waals surface area contributed by atoms with Crippen molar-refractivity contribution in [3.63, 3.8) is 0 Å². The first-order valence-electron chi connectivity index (χ1n) is 2.48. The number of aliphatic hydroxyl groups excluding tert-OH is 2. The molecule has 0 amide bonds. The molecule has 2 N–H and O–H groups in total. The van der Waals surface area contributed by atoms with E-state index in [1.54, 1.807) is 19.2 Å². The third-order valence-electron chi connectivity index (χ3n) is 1.29. The maximum Gasteiger partial charge on any atom is 0.128 e. The van der Waals surface area contributed by atoms with Gasteiger partial charge in [-0.15, -0.1) is 0 Å². The quantitative estimate of drug-likeness (QED) is 0.403. The van der Waals surface area contributed by atoms with Gasteiger partial charge >= 0.3 is 0 Å². The Morgan fingerprint density at radius 1 is 1.25 bits per heavy atom. The van der Waals surface area contributed by atoms with Crippen LogP contribution in [0.4, 0.5) is 0 Å². The fourth-order valence-corrected chi connectivity index (χ4v) is 0.627. The maximum atomic E-state index is 8.85. The van der Waals surface area contributed by atoms with Gasteiger partial charge in [-0.05, 0) is 19.2 Å². The van der Waals surface area contributed by atoms with Gasteiger partial charge in [0.1, 0.15) is 12.5 Å². The summed E-state index contributed by atoms with van der Waals surface area (Å²) in [6, 6.07) is 0. The van der Waals surface area contributed by atoms with Gasteiger partial charge in [0, 0.05) is 0 Å². The maximum absolute atomic E-state index is 8.85. The van der Waals surface area contributed by atoms with Gasteiger partial charge in [-0.2, -0.15) is 0 Å². The third kappa shape index (κ3) is 0.753. The Kier molecular flexibility index (Phi) is 1.33. The fourth-order valence-electron chi connectivity index (χ4n) is 0.627. The molecule has 2 unspecified atom stereocenters. The molecule has 3 heteroatoms. The van der Waals surface area contributed by atoms with Crippen molar-refractivity contribution in [2.45, 2.75) is 12.5 Å². The van der Waals surface area contributed by atoms with E-state index in [1.807, 2.05) is 0 Å². The molecule has 1 heterocycles. The van der Waals surface area contributed by atoms with Gasteiger partial charge in [0.05, 0.1) is 0 Å². The van der Waals surface area contributed by atoms with Crippen LogP contribution in [0.15, 0.2) is 12.2 Å². The smallest absolute Gasteiger partial charge is 0.128 e. The summed E-state index contributed by atoms with van der Waals surface area (Å²) in [4.78, 5) is 1.44. The molecule has 3 nitrogen and oxygen atoms in total. The van der Waals surface area contributed by atoms with E-state index in [2.05, 4.69) is 0 Å². The molecule has 1 aliphatic heterocycles. The van der Waals surface area contributed by atoms with Gasteiger partial charge in [-0.1, -0.05) is 0 Å². The molecule has 0 spiro atoms. The molecule has 8 heavy (non-hydrogen) atoms. The van der Waals surface area contributed by atoms with E-state index < -0.39 is 12.5 Å². The molecule has 0 aromatic carbocycles. The van der Waals surface area contributed by atoms with Crippen molar-refractivity contribution < 1.29 is 10.2 Å². The van der Waals surface area contributed by atoms with Gasteiger partial charge in [-0.3, -0.25) is 0 Å². The Hall–Kier alpha value is -0.380. The standard InChI is InChI=1S/C5H9NO2/c1-6-4(7)2-3-5(6)8/h2-5,7-8H,1H3. The molecule has 0 bridgehead atoms.